The van der Waals surface area contributed by atoms with Gasteiger partial charge in [-0.3, -0.25) is 9.59 Å². The fourth-order valence-electron chi connectivity index (χ4n) is 2.68. The molecule has 0 saturated heterocycles. The van der Waals surface area contributed by atoms with Gasteiger partial charge in [-0.1, -0.05) is 84.1 Å². The molecule has 0 N–H and O–H groups in total. The Morgan fingerprint density at radius 1 is 0.692 bits per heavy atom. The highest BCUT2D eigenvalue weighted by Gasteiger charge is 2.09. The third kappa shape index (κ3) is 19.0. The fourth-order valence-corrected chi connectivity index (χ4v) is 2.68. The van der Waals surface area contributed by atoms with Gasteiger partial charge < -0.3 is 9.47 Å². The highest BCUT2D eigenvalue weighted by atomic mass is 16.5. The van der Waals surface area contributed by atoms with Crippen LogP contribution in [-0.4, -0.2) is 25.2 Å². The first-order chi connectivity index (χ1) is 12.6. The van der Waals surface area contributed by atoms with Gasteiger partial charge in [0.05, 0.1) is 19.4 Å². The molecule has 0 aromatic heterocycles. The Morgan fingerprint density at radius 3 is 1.58 bits per heavy atom. The van der Waals surface area contributed by atoms with E-state index >= 15 is 0 Å². The predicted octanol–water partition coefficient (Wildman–Crippen LogP) is 6.13. The normalized spacial score (nSPS) is 10.5. The van der Waals surface area contributed by atoms with Crippen LogP contribution in [0.5, 0.6) is 0 Å². The van der Waals surface area contributed by atoms with Gasteiger partial charge in [0.2, 0.25) is 0 Å². The van der Waals surface area contributed by atoms with Gasteiger partial charge in [-0.05, 0) is 18.9 Å². The molecule has 0 fully saturated rings. The third-order valence-electron chi connectivity index (χ3n) is 4.27. The number of unbranched alkanes of at least 4 members (excludes halogenated alkanes) is 11. The van der Waals surface area contributed by atoms with E-state index in [1.807, 2.05) is 0 Å². The van der Waals surface area contributed by atoms with Crippen molar-refractivity contribution in [3.63, 3.8) is 0 Å². The van der Waals surface area contributed by atoms with Crippen molar-refractivity contribution in [3.8, 4) is 0 Å². The molecule has 26 heavy (non-hydrogen) atoms. The predicted molar refractivity (Wildman–Crippen MR) is 107 cm³/mol. The molecule has 0 aliphatic heterocycles. The number of carbonyl (C=O) groups is 2. The van der Waals surface area contributed by atoms with E-state index < -0.39 is 0 Å². The lowest BCUT2D eigenvalue weighted by Gasteiger charge is -2.06. The van der Waals surface area contributed by atoms with Gasteiger partial charge >= 0.3 is 11.9 Å². The molecule has 0 spiro atoms. The van der Waals surface area contributed by atoms with Crippen molar-refractivity contribution in [2.45, 2.75) is 104 Å². The Morgan fingerprint density at radius 2 is 1.12 bits per heavy atom. The number of esters is 2. The first-order valence-electron chi connectivity index (χ1n) is 10.5. The first kappa shape index (κ1) is 24.7. The van der Waals surface area contributed by atoms with Crippen LogP contribution in [0.4, 0.5) is 0 Å². The molecule has 0 aliphatic rings. The Bertz CT molecular complexity index is 376. The standard InChI is InChI=1S/C22H40O4/c1-4-5-6-7-8-9-10-11-12-13-14-15-18-25-21(23)16-17-22(24)26-19-20(2)3/h2,4-19H2,1,3H3. The van der Waals surface area contributed by atoms with Gasteiger partial charge in [0.15, 0.2) is 0 Å². The zero-order valence-corrected chi connectivity index (χ0v) is 17.2. The summed E-state index contributed by atoms with van der Waals surface area (Å²) in [6, 6.07) is 0. The van der Waals surface area contributed by atoms with Gasteiger partial charge in [-0.2, -0.15) is 0 Å². The Hall–Kier alpha value is -1.32. The lowest BCUT2D eigenvalue weighted by Crippen LogP contribution is -2.11. The summed E-state index contributed by atoms with van der Waals surface area (Å²) in [6.07, 6.45) is 15.6. The number of rotatable bonds is 18. The second-order valence-corrected chi connectivity index (χ2v) is 7.23. The van der Waals surface area contributed by atoms with Crippen molar-refractivity contribution in [1.82, 2.24) is 0 Å². The number of carbonyl (C=O) groups excluding carboxylic acids is 2. The zero-order valence-electron chi connectivity index (χ0n) is 17.2. The Kier molecular flexibility index (Phi) is 17.5. The quantitative estimate of drug-likeness (QED) is 0.166. The van der Waals surface area contributed by atoms with Crippen molar-refractivity contribution in [2.24, 2.45) is 0 Å². The van der Waals surface area contributed by atoms with E-state index in [1.54, 1.807) is 6.92 Å². The van der Waals surface area contributed by atoms with Crippen LogP contribution in [0.25, 0.3) is 0 Å². The number of hydrogen-bond acceptors (Lipinski definition) is 4. The summed E-state index contributed by atoms with van der Waals surface area (Å²) < 4.78 is 10.1. The van der Waals surface area contributed by atoms with Gasteiger partial charge in [-0.25, -0.2) is 0 Å². The molecule has 4 heteroatoms. The summed E-state index contributed by atoms with van der Waals surface area (Å²) in [5, 5.41) is 0. The molecular formula is C22H40O4. The summed E-state index contributed by atoms with van der Waals surface area (Å²) in [7, 11) is 0. The molecule has 0 aromatic rings. The maximum atomic E-state index is 11.5. The van der Waals surface area contributed by atoms with Crippen LogP contribution >= 0.6 is 0 Å². The van der Waals surface area contributed by atoms with Gasteiger partial charge in [-0.15, -0.1) is 0 Å². The van der Waals surface area contributed by atoms with E-state index in [4.69, 9.17) is 9.47 Å². The highest BCUT2D eigenvalue weighted by molar-refractivity contribution is 5.77. The van der Waals surface area contributed by atoms with E-state index in [9.17, 15) is 9.59 Å². The molecule has 0 amide bonds. The van der Waals surface area contributed by atoms with Crippen LogP contribution in [0.2, 0.25) is 0 Å². The molecule has 0 saturated carbocycles. The van der Waals surface area contributed by atoms with Crippen LogP contribution in [0.3, 0.4) is 0 Å². The molecule has 0 rings (SSSR count). The Labute approximate surface area is 160 Å². The highest BCUT2D eigenvalue weighted by Crippen LogP contribution is 2.12. The second kappa shape index (κ2) is 18.5. The van der Waals surface area contributed by atoms with E-state index in [2.05, 4.69) is 13.5 Å². The zero-order chi connectivity index (χ0) is 19.5. The largest absolute Gasteiger partial charge is 0.466 e. The summed E-state index contributed by atoms with van der Waals surface area (Å²) in [5.41, 5.74) is 0.785. The van der Waals surface area contributed by atoms with Crippen LogP contribution in [0.1, 0.15) is 104 Å². The molecule has 0 atom stereocenters. The average molecular weight is 369 g/mol. The van der Waals surface area contributed by atoms with Gasteiger partial charge in [0.25, 0.3) is 0 Å². The van der Waals surface area contributed by atoms with E-state index in [0.717, 1.165) is 18.4 Å². The molecule has 152 valence electrons. The molecule has 0 aromatic carbocycles. The number of ether oxygens (including phenoxy) is 2. The summed E-state index contributed by atoms with van der Waals surface area (Å²) in [6.45, 7) is 8.36. The maximum Gasteiger partial charge on any atom is 0.306 e. The van der Waals surface area contributed by atoms with Crippen LogP contribution < -0.4 is 0 Å². The molecule has 4 nitrogen and oxygen atoms in total. The van der Waals surface area contributed by atoms with Crippen molar-refractivity contribution >= 4 is 11.9 Å². The Balaban J connectivity index is 3.28. The maximum absolute atomic E-state index is 11.5. The number of hydrogen-bond donors (Lipinski definition) is 0. The third-order valence-corrected chi connectivity index (χ3v) is 4.27. The van der Waals surface area contributed by atoms with E-state index in [-0.39, 0.29) is 31.4 Å². The van der Waals surface area contributed by atoms with Crippen LogP contribution in [-0.2, 0) is 19.1 Å². The summed E-state index contributed by atoms with van der Waals surface area (Å²) in [5.74, 6) is -0.698. The minimum Gasteiger partial charge on any atom is -0.466 e. The molecule has 0 bridgehead atoms. The monoisotopic (exact) mass is 368 g/mol. The molecule has 0 heterocycles. The topological polar surface area (TPSA) is 52.6 Å². The molecule has 0 aliphatic carbocycles. The van der Waals surface area contributed by atoms with Crippen molar-refractivity contribution in [2.75, 3.05) is 13.2 Å². The van der Waals surface area contributed by atoms with Gasteiger partial charge in [0.1, 0.15) is 6.61 Å². The minimum absolute atomic E-state index is 0.0740. The lowest BCUT2D eigenvalue weighted by atomic mass is 10.1. The summed E-state index contributed by atoms with van der Waals surface area (Å²) in [4.78, 5) is 22.9. The van der Waals surface area contributed by atoms with Crippen molar-refractivity contribution in [1.29, 1.82) is 0 Å². The minimum atomic E-state index is -0.379. The average Bonchev–Trinajstić information content (AvgIpc) is 2.62. The molecule has 0 unspecified atom stereocenters. The smallest absolute Gasteiger partial charge is 0.306 e. The van der Waals surface area contributed by atoms with Crippen LogP contribution in [0, 0.1) is 0 Å². The molecular weight excluding hydrogens is 328 g/mol. The second-order valence-electron chi connectivity index (χ2n) is 7.23. The van der Waals surface area contributed by atoms with E-state index in [0.29, 0.717) is 6.61 Å². The SMILES string of the molecule is C=C(C)COC(=O)CCC(=O)OCCCCCCCCCCCCCC. The lowest BCUT2D eigenvalue weighted by molar-refractivity contribution is -0.149. The molecule has 0 radical (unpaired) electrons. The fraction of sp³-hybridized carbons (Fsp3) is 0.818. The van der Waals surface area contributed by atoms with Crippen molar-refractivity contribution < 1.29 is 19.1 Å². The van der Waals surface area contributed by atoms with Crippen molar-refractivity contribution in [3.05, 3.63) is 12.2 Å². The summed E-state index contributed by atoms with van der Waals surface area (Å²) >= 11 is 0. The van der Waals surface area contributed by atoms with Crippen LogP contribution in [0.15, 0.2) is 12.2 Å². The van der Waals surface area contributed by atoms with Gasteiger partial charge in [0, 0.05) is 0 Å². The van der Waals surface area contributed by atoms with E-state index in [1.165, 1.54) is 64.2 Å². The first-order valence-corrected chi connectivity index (χ1v) is 10.5.